The van der Waals surface area contributed by atoms with E-state index >= 15 is 0 Å². The molecule has 7 nitrogen and oxygen atoms in total. The summed E-state index contributed by atoms with van der Waals surface area (Å²) in [5.74, 6) is -1.76. The predicted octanol–water partition coefficient (Wildman–Crippen LogP) is 3.28. The van der Waals surface area contributed by atoms with E-state index in [0.29, 0.717) is 22.3 Å². The van der Waals surface area contributed by atoms with E-state index in [1.165, 1.54) is 12.1 Å². The van der Waals surface area contributed by atoms with Gasteiger partial charge in [0, 0.05) is 35.5 Å². The highest BCUT2D eigenvalue weighted by atomic mass is 16.7. The monoisotopic (exact) mass is 402 g/mol. The molecular formula is C23H18N2O5. The smallest absolute Gasteiger partial charge is 0.335 e. The van der Waals surface area contributed by atoms with Crippen molar-refractivity contribution in [2.24, 2.45) is 0 Å². The van der Waals surface area contributed by atoms with Crippen molar-refractivity contribution in [1.82, 2.24) is 10.0 Å². The van der Waals surface area contributed by atoms with E-state index in [-0.39, 0.29) is 12.2 Å². The van der Waals surface area contributed by atoms with Crippen LogP contribution in [0.4, 0.5) is 0 Å². The molecule has 2 unspecified atom stereocenters. The minimum absolute atomic E-state index is 0.122. The topological polar surface area (TPSA) is 96.8 Å². The van der Waals surface area contributed by atoms with E-state index in [1.54, 1.807) is 60.9 Å². The lowest BCUT2D eigenvalue weighted by atomic mass is 10.0. The molecule has 0 saturated carbocycles. The Morgan fingerprint density at radius 3 is 2.20 bits per heavy atom. The van der Waals surface area contributed by atoms with E-state index < -0.39 is 24.0 Å². The molecule has 2 atom stereocenters. The first-order valence-corrected chi connectivity index (χ1v) is 9.37. The maximum absolute atomic E-state index is 13.1. The third kappa shape index (κ3) is 3.83. The molecule has 0 aliphatic carbocycles. The summed E-state index contributed by atoms with van der Waals surface area (Å²) in [5.41, 5.74) is 1.98. The summed E-state index contributed by atoms with van der Waals surface area (Å²) in [6.45, 7) is 0. The van der Waals surface area contributed by atoms with Crippen LogP contribution < -0.4 is 0 Å². The van der Waals surface area contributed by atoms with Gasteiger partial charge in [0.05, 0.1) is 6.04 Å². The minimum Gasteiger partial charge on any atom is -0.479 e. The number of benzene rings is 2. The standard InChI is InChI=1S/C23H18N2O5/c26-21(15-5-2-1-3-6-15)16-8-10-17(11-9-16)22(27)25-19(13-20(30-25)23(28)29)18-7-4-12-24-14-18/h1-12,14,19-20H,13H2,(H,28,29). The first-order valence-electron chi connectivity index (χ1n) is 9.37. The second-order valence-corrected chi connectivity index (χ2v) is 6.87. The Hall–Kier alpha value is -3.84. The number of amides is 1. The Bertz CT molecular complexity index is 1070. The van der Waals surface area contributed by atoms with Crippen molar-refractivity contribution in [3.8, 4) is 0 Å². The van der Waals surface area contributed by atoms with Crippen LogP contribution in [0.3, 0.4) is 0 Å². The number of aromatic nitrogens is 1. The van der Waals surface area contributed by atoms with Gasteiger partial charge in [-0.05, 0) is 23.8 Å². The van der Waals surface area contributed by atoms with Crippen LogP contribution in [0.5, 0.6) is 0 Å². The molecule has 2 heterocycles. The van der Waals surface area contributed by atoms with Crippen LogP contribution in [-0.2, 0) is 9.63 Å². The lowest BCUT2D eigenvalue weighted by Crippen LogP contribution is -2.31. The van der Waals surface area contributed by atoms with Crippen molar-refractivity contribution in [3.05, 3.63) is 101 Å². The molecule has 1 amide bonds. The Labute approximate surface area is 172 Å². The number of pyridine rings is 1. The van der Waals surface area contributed by atoms with Gasteiger partial charge in [0.1, 0.15) is 0 Å². The van der Waals surface area contributed by atoms with Crippen molar-refractivity contribution >= 4 is 17.7 Å². The van der Waals surface area contributed by atoms with Crippen LogP contribution in [0.15, 0.2) is 79.1 Å². The number of carboxylic acids is 1. The Morgan fingerprint density at radius 1 is 0.900 bits per heavy atom. The van der Waals surface area contributed by atoms with Gasteiger partial charge in [-0.1, -0.05) is 48.5 Å². The van der Waals surface area contributed by atoms with Crippen molar-refractivity contribution < 1.29 is 24.3 Å². The molecule has 7 heteroatoms. The van der Waals surface area contributed by atoms with Crippen LogP contribution in [0, 0.1) is 0 Å². The average Bonchev–Trinajstić information content (AvgIpc) is 3.25. The lowest BCUT2D eigenvalue weighted by molar-refractivity contribution is -0.169. The third-order valence-electron chi connectivity index (χ3n) is 4.94. The number of carbonyl (C=O) groups excluding carboxylic acids is 2. The fraction of sp³-hybridized carbons (Fsp3) is 0.130. The van der Waals surface area contributed by atoms with Crippen molar-refractivity contribution in [2.45, 2.75) is 18.6 Å². The highest BCUT2D eigenvalue weighted by Crippen LogP contribution is 2.35. The number of rotatable bonds is 5. The van der Waals surface area contributed by atoms with Gasteiger partial charge in [-0.25, -0.2) is 9.86 Å². The molecule has 1 aromatic heterocycles. The Kier molecular flexibility index (Phi) is 5.36. The normalized spacial score (nSPS) is 18.2. The molecule has 4 rings (SSSR count). The quantitative estimate of drug-likeness (QED) is 0.658. The number of aliphatic carboxylic acids is 1. The van der Waals surface area contributed by atoms with Gasteiger partial charge in [0.2, 0.25) is 0 Å². The summed E-state index contributed by atoms with van der Waals surface area (Å²) in [4.78, 5) is 46.5. The zero-order valence-corrected chi connectivity index (χ0v) is 15.8. The largest absolute Gasteiger partial charge is 0.479 e. The highest BCUT2D eigenvalue weighted by molar-refractivity contribution is 6.09. The summed E-state index contributed by atoms with van der Waals surface area (Å²) in [7, 11) is 0. The van der Waals surface area contributed by atoms with Crippen LogP contribution in [0.25, 0.3) is 0 Å². The molecule has 0 radical (unpaired) electrons. The molecule has 3 aromatic rings. The van der Waals surface area contributed by atoms with Crippen LogP contribution >= 0.6 is 0 Å². The van der Waals surface area contributed by atoms with Gasteiger partial charge in [0.25, 0.3) is 5.91 Å². The maximum atomic E-state index is 13.1. The average molecular weight is 402 g/mol. The molecule has 2 aromatic carbocycles. The first-order chi connectivity index (χ1) is 14.5. The van der Waals surface area contributed by atoms with Gasteiger partial charge in [-0.15, -0.1) is 0 Å². The van der Waals surface area contributed by atoms with E-state index in [4.69, 9.17) is 4.84 Å². The summed E-state index contributed by atoms with van der Waals surface area (Å²) in [6.07, 6.45) is 2.18. The third-order valence-corrected chi connectivity index (χ3v) is 4.94. The maximum Gasteiger partial charge on any atom is 0.335 e. The first kappa shape index (κ1) is 19.5. The van der Waals surface area contributed by atoms with Gasteiger partial charge >= 0.3 is 5.97 Å². The van der Waals surface area contributed by atoms with Crippen LogP contribution in [0.2, 0.25) is 0 Å². The van der Waals surface area contributed by atoms with Gasteiger partial charge in [0.15, 0.2) is 11.9 Å². The molecular weight excluding hydrogens is 384 g/mol. The summed E-state index contributed by atoms with van der Waals surface area (Å²) >= 11 is 0. The van der Waals surface area contributed by atoms with E-state index in [9.17, 15) is 19.5 Å². The fourth-order valence-electron chi connectivity index (χ4n) is 3.38. The Balaban J connectivity index is 1.58. The van der Waals surface area contributed by atoms with E-state index in [2.05, 4.69) is 4.98 Å². The second kappa shape index (κ2) is 8.26. The molecule has 0 spiro atoms. The summed E-state index contributed by atoms with van der Waals surface area (Å²) in [6, 6.07) is 18.0. The number of hydrogen-bond acceptors (Lipinski definition) is 5. The van der Waals surface area contributed by atoms with Gasteiger partial charge in [-0.3, -0.25) is 19.4 Å². The molecule has 30 heavy (non-hydrogen) atoms. The number of ketones is 1. The molecule has 1 fully saturated rings. The number of hydrogen-bond donors (Lipinski definition) is 1. The van der Waals surface area contributed by atoms with Crippen LogP contribution in [0.1, 0.15) is 44.3 Å². The second-order valence-electron chi connectivity index (χ2n) is 6.87. The van der Waals surface area contributed by atoms with Crippen molar-refractivity contribution in [3.63, 3.8) is 0 Å². The van der Waals surface area contributed by atoms with Crippen LogP contribution in [-0.4, -0.2) is 38.9 Å². The van der Waals surface area contributed by atoms with E-state index in [0.717, 1.165) is 5.06 Å². The van der Waals surface area contributed by atoms with Crippen molar-refractivity contribution in [1.29, 1.82) is 0 Å². The fourth-order valence-corrected chi connectivity index (χ4v) is 3.38. The van der Waals surface area contributed by atoms with Gasteiger partial charge in [-0.2, -0.15) is 0 Å². The number of carbonyl (C=O) groups is 3. The summed E-state index contributed by atoms with van der Waals surface area (Å²) in [5, 5.41) is 10.4. The zero-order valence-electron chi connectivity index (χ0n) is 15.8. The molecule has 1 aliphatic heterocycles. The molecule has 1 saturated heterocycles. The Morgan fingerprint density at radius 2 is 1.57 bits per heavy atom. The minimum atomic E-state index is -1.14. The van der Waals surface area contributed by atoms with E-state index in [1.807, 2.05) is 6.07 Å². The highest BCUT2D eigenvalue weighted by Gasteiger charge is 2.41. The van der Waals surface area contributed by atoms with Crippen molar-refractivity contribution in [2.75, 3.05) is 0 Å². The predicted molar refractivity (Wildman–Crippen MR) is 107 cm³/mol. The lowest BCUT2D eigenvalue weighted by Gasteiger charge is -2.22. The SMILES string of the molecule is O=C(c1ccccc1)c1ccc(C(=O)N2OC(C(=O)O)CC2c2cccnc2)cc1. The summed E-state index contributed by atoms with van der Waals surface area (Å²) < 4.78 is 0. The molecule has 150 valence electrons. The molecule has 1 N–H and O–H groups in total. The molecule has 0 bridgehead atoms. The van der Waals surface area contributed by atoms with Gasteiger partial charge < -0.3 is 5.11 Å². The zero-order chi connectivity index (χ0) is 21.1. The molecule has 1 aliphatic rings. The number of hydroxylamine groups is 2. The number of nitrogens with zero attached hydrogens (tertiary/aromatic N) is 2. The number of carboxylic acid groups (broad SMARTS) is 1.